The van der Waals surface area contributed by atoms with Crippen LogP contribution in [0.3, 0.4) is 0 Å². The molecule has 0 saturated heterocycles. The zero-order chi connectivity index (χ0) is 6.00. The predicted molar refractivity (Wildman–Crippen MR) is 17.8 cm³/mol. The van der Waals surface area contributed by atoms with Crippen molar-refractivity contribution in [3.63, 3.8) is 0 Å². The molecule has 0 aliphatic heterocycles. The van der Waals surface area contributed by atoms with Gasteiger partial charge in [-0.2, -0.15) is 21.3 Å². The summed E-state index contributed by atoms with van der Waals surface area (Å²) < 4.78 is 0. The maximum absolute atomic E-state index is 8.25. The molecule has 49 valence electrons. The summed E-state index contributed by atoms with van der Waals surface area (Å²) in [5.74, 6) is 0. The maximum atomic E-state index is 8.25. The zero-order valence-electron chi connectivity index (χ0n) is 4.54. The summed E-state index contributed by atoms with van der Waals surface area (Å²) in [5.41, 5.74) is 0. The molecule has 0 aromatic rings. The Kier molecular flexibility index (Phi) is 704. The van der Waals surface area contributed by atoms with Crippen LogP contribution >= 0.6 is 0 Å². The molecule has 0 N–H and O–H groups in total. The Balaban J connectivity index is -0.00000000900. The van der Waals surface area contributed by atoms with Crippen molar-refractivity contribution < 1.29 is 53.5 Å². The first-order chi connectivity index (χ1) is 3.00. The van der Waals surface area contributed by atoms with Crippen molar-refractivity contribution in [3.05, 3.63) is 0 Å². The molecule has 0 unspecified atom stereocenters. The zero-order valence-corrected chi connectivity index (χ0v) is 6.57. The number of hydrogen-bond acceptors (Lipinski definition) is 3. The third kappa shape index (κ3) is 143. The molecule has 0 heterocycles. The summed E-state index contributed by atoms with van der Waals surface area (Å²) >= 11 is 0. The Bertz CT molecular complexity index is 10.1. The van der Waals surface area contributed by atoms with E-state index in [-0.39, 0.29) is 38.2 Å². The molecular weight excluding hydrogens is 247 g/mol. The summed E-state index contributed by atoms with van der Waals surface area (Å²) in [6.07, 6.45) is 0. The van der Waals surface area contributed by atoms with Gasteiger partial charge in [0, 0.05) is 0 Å². The Morgan fingerprint density at radius 3 is 0.571 bits per heavy atom. The second-order valence-corrected chi connectivity index (χ2v) is 0. The van der Waals surface area contributed by atoms with Crippen LogP contribution in [0.25, 0.3) is 0 Å². The van der Waals surface area contributed by atoms with Gasteiger partial charge in [-0.05, 0) is 0 Å². The average Bonchev–Trinajstić information content (AvgIpc) is 1.81. The van der Waals surface area contributed by atoms with Crippen LogP contribution in [0, 0.1) is 38.2 Å². The van der Waals surface area contributed by atoms with E-state index in [1.165, 1.54) is 0 Å². The summed E-state index contributed by atoms with van der Waals surface area (Å²) in [5, 5.41) is 24.8. The Morgan fingerprint density at radius 1 is 0.571 bits per heavy atom. The standard InChI is InChI=1S/3CH3O.Dy/c3*1-2;/h3*1H3;/q3*-1;+3. The van der Waals surface area contributed by atoms with E-state index in [0.29, 0.717) is 0 Å². The minimum Gasteiger partial charge on any atom is -0.857 e. The van der Waals surface area contributed by atoms with Gasteiger partial charge in [-0.15, -0.1) is 0 Å². The summed E-state index contributed by atoms with van der Waals surface area (Å²) in [7, 11) is 2.25. The fourth-order valence-electron chi connectivity index (χ4n) is 0. The molecule has 0 saturated carbocycles. The van der Waals surface area contributed by atoms with Crippen LogP contribution in [0.2, 0.25) is 0 Å². The van der Waals surface area contributed by atoms with Crippen molar-refractivity contribution >= 4 is 0 Å². The monoisotopic (exact) mass is 257 g/mol. The minimum atomic E-state index is 0. The molecule has 0 rings (SSSR count). The average molecular weight is 256 g/mol. The smallest absolute Gasteiger partial charge is 0.857 e. The van der Waals surface area contributed by atoms with Crippen molar-refractivity contribution in [1.82, 2.24) is 0 Å². The van der Waals surface area contributed by atoms with E-state index >= 15 is 0 Å². The number of rotatable bonds is 0. The fraction of sp³-hybridized carbons (Fsp3) is 1.00. The van der Waals surface area contributed by atoms with Gasteiger partial charge in [-0.25, -0.2) is 0 Å². The van der Waals surface area contributed by atoms with Crippen LogP contribution in [-0.2, 0) is 0 Å². The summed E-state index contributed by atoms with van der Waals surface area (Å²) in [4.78, 5) is 0. The maximum Gasteiger partial charge on any atom is 3.00 e. The molecule has 0 spiro atoms. The van der Waals surface area contributed by atoms with E-state index in [4.69, 9.17) is 15.3 Å². The van der Waals surface area contributed by atoms with Gasteiger partial charge in [0.05, 0.1) is 0 Å². The first-order valence-electron chi connectivity index (χ1n) is 1.22. The Labute approximate surface area is 74.4 Å². The van der Waals surface area contributed by atoms with Gasteiger partial charge < -0.3 is 15.3 Å². The van der Waals surface area contributed by atoms with Crippen LogP contribution in [0.1, 0.15) is 0 Å². The second kappa shape index (κ2) is 204. The minimum absolute atomic E-state index is 0. The van der Waals surface area contributed by atoms with Gasteiger partial charge >= 0.3 is 38.2 Å². The van der Waals surface area contributed by atoms with Crippen LogP contribution in [0.4, 0.5) is 0 Å². The second-order valence-electron chi connectivity index (χ2n) is 0. The summed E-state index contributed by atoms with van der Waals surface area (Å²) in [6.45, 7) is 0. The van der Waals surface area contributed by atoms with Crippen molar-refractivity contribution in [2.24, 2.45) is 0 Å². The molecule has 0 aliphatic carbocycles. The molecule has 0 aromatic heterocycles. The predicted octanol–water partition coefficient (Wildman–Crippen LogP) is -3.07. The van der Waals surface area contributed by atoms with Gasteiger partial charge in [0.2, 0.25) is 0 Å². The van der Waals surface area contributed by atoms with E-state index in [0.717, 1.165) is 21.3 Å². The van der Waals surface area contributed by atoms with Gasteiger partial charge in [-0.1, -0.05) is 0 Å². The van der Waals surface area contributed by atoms with E-state index in [9.17, 15) is 0 Å². The Hall–Kier alpha value is 1.15. The largest absolute Gasteiger partial charge is 3.00 e. The molecule has 0 amide bonds. The Morgan fingerprint density at radius 2 is 0.571 bits per heavy atom. The molecule has 3 nitrogen and oxygen atoms in total. The van der Waals surface area contributed by atoms with Gasteiger partial charge in [0.25, 0.3) is 0 Å². The van der Waals surface area contributed by atoms with Gasteiger partial charge in [0.1, 0.15) is 0 Å². The van der Waals surface area contributed by atoms with Crippen molar-refractivity contribution in [3.8, 4) is 0 Å². The van der Waals surface area contributed by atoms with Crippen LogP contribution in [0.5, 0.6) is 0 Å². The van der Waals surface area contributed by atoms with Crippen molar-refractivity contribution in [2.75, 3.05) is 21.3 Å². The van der Waals surface area contributed by atoms with Crippen LogP contribution in [0.15, 0.2) is 0 Å². The molecule has 1 radical (unpaired) electrons. The topological polar surface area (TPSA) is 69.2 Å². The van der Waals surface area contributed by atoms with Gasteiger partial charge in [-0.3, -0.25) is 0 Å². The molecule has 0 bridgehead atoms. The van der Waals surface area contributed by atoms with E-state index in [1.54, 1.807) is 0 Å². The third-order valence-electron chi connectivity index (χ3n) is 0. The van der Waals surface area contributed by atoms with E-state index < -0.39 is 0 Å². The fourth-order valence-corrected chi connectivity index (χ4v) is 0. The molecule has 7 heavy (non-hydrogen) atoms. The van der Waals surface area contributed by atoms with Crippen molar-refractivity contribution in [1.29, 1.82) is 0 Å². The van der Waals surface area contributed by atoms with Gasteiger partial charge in [0.15, 0.2) is 0 Å². The first-order valence-corrected chi connectivity index (χ1v) is 1.22. The molecule has 0 aliphatic rings. The molecule has 4 heteroatoms. The van der Waals surface area contributed by atoms with Crippen molar-refractivity contribution in [2.45, 2.75) is 0 Å². The SMILES string of the molecule is C[O-].C[O-].C[O-].[Dy+3]. The first kappa shape index (κ1) is 24.2. The van der Waals surface area contributed by atoms with Crippen LogP contribution < -0.4 is 15.3 Å². The van der Waals surface area contributed by atoms with E-state index in [1.807, 2.05) is 0 Å². The normalized spacial score (nSPS) is 2.57. The summed E-state index contributed by atoms with van der Waals surface area (Å²) in [6, 6.07) is 0. The van der Waals surface area contributed by atoms with E-state index in [2.05, 4.69) is 0 Å². The number of hydrogen-bond donors (Lipinski definition) is 0. The van der Waals surface area contributed by atoms with Crippen LogP contribution in [-0.4, -0.2) is 21.3 Å². The third-order valence-corrected chi connectivity index (χ3v) is 0. The quantitative estimate of drug-likeness (QED) is 0.461. The molecule has 0 aromatic carbocycles. The molecule has 0 fully saturated rings. The molecular formula is C3H9DyO3. The molecule has 0 atom stereocenters.